The quantitative estimate of drug-likeness (QED) is 0.527. The van der Waals surface area contributed by atoms with Crippen LogP contribution >= 0.6 is 15.9 Å². The summed E-state index contributed by atoms with van der Waals surface area (Å²) in [6, 6.07) is 15.8. The van der Waals surface area contributed by atoms with Gasteiger partial charge in [0.05, 0.1) is 16.8 Å². The third kappa shape index (κ3) is 3.44. The summed E-state index contributed by atoms with van der Waals surface area (Å²) in [5.41, 5.74) is 4.81. The van der Waals surface area contributed by atoms with E-state index in [4.69, 9.17) is 0 Å². The number of hydrogen-bond donors (Lipinski definition) is 1. The van der Waals surface area contributed by atoms with Crippen molar-refractivity contribution in [1.82, 2.24) is 0 Å². The number of nitrogens with one attached hydrogen (secondary N) is 1. The van der Waals surface area contributed by atoms with E-state index in [1.165, 1.54) is 11.0 Å². The van der Waals surface area contributed by atoms with Gasteiger partial charge in [0.2, 0.25) is 0 Å². The molecule has 0 aromatic heterocycles. The SMILES string of the molecule is Cc1ccc(C)c(N2C(=O)c3ccc(C(=O)Nc4ccc(Br)cc4C)cc3C2=O)c1. The number of imide groups is 1. The van der Waals surface area contributed by atoms with Crippen LogP contribution in [0.2, 0.25) is 0 Å². The van der Waals surface area contributed by atoms with Crippen LogP contribution in [0.15, 0.2) is 59.1 Å². The molecule has 0 unspecified atom stereocenters. The van der Waals surface area contributed by atoms with Gasteiger partial charge in [0.25, 0.3) is 17.7 Å². The Hall–Kier alpha value is -3.25. The molecular weight excluding hydrogens is 444 g/mol. The molecule has 3 aromatic carbocycles. The number of amides is 3. The van der Waals surface area contributed by atoms with E-state index >= 15 is 0 Å². The highest BCUT2D eigenvalue weighted by atomic mass is 79.9. The lowest BCUT2D eigenvalue weighted by Gasteiger charge is -2.17. The van der Waals surface area contributed by atoms with Gasteiger partial charge in [0.1, 0.15) is 0 Å². The van der Waals surface area contributed by atoms with Crippen molar-refractivity contribution in [3.63, 3.8) is 0 Å². The molecule has 0 saturated heterocycles. The molecule has 6 heteroatoms. The number of carbonyl (C=O) groups is 3. The number of carbonyl (C=O) groups excluding carboxylic acids is 3. The lowest BCUT2D eigenvalue weighted by Crippen LogP contribution is -2.30. The number of fused-ring (bicyclic) bond motifs is 1. The molecule has 1 aliphatic heterocycles. The molecule has 0 aliphatic carbocycles. The van der Waals surface area contributed by atoms with Crippen LogP contribution in [-0.4, -0.2) is 17.7 Å². The fraction of sp³-hybridized carbons (Fsp3) is 0.125. The van der Waals surface area contributed by atoms with Crippen molar-refractivity contribution in [2.45, 2.75) is 20.8 Å². The van der Waals surface area contributed by atoms with Crippen LogP contribution in [0.25, 0.3) is 0 Å². The molecule has 3 amide bonds. The van der Waals surface area contributed by atoms with Crippen molar-refractivity contribution in [2.24, 2.45) is 0 Å². The average molecular weight is 463 g/mol. The molecule has 3 aromatic rings. The predicted molar refractivity (Wildman–Crippen MR) is 120 cm³/mol. The van der Waals surface area contributed by atoms with Crippen molar-refractivity contribution < 1.29 is 14.4 Å². The zero-order chi connectivity index (χ0) is 21.6. The normalized spacial score (nSPS) is 12.9. The zero-order valence-electron chi connectivity index (χ0n) is 16.7. The van der Waals surface area contributed by atoms with Crippen LogP contribution in [0, 0.1) is 20.8 Å². The molecule has 1 heterocycles. The standard InChI is InChI=1S/C24H19BrN2O3/c1-13-4-5-14(2)21(10-13)27-23(29)18-8-6-16(12-19(18)24(27)30)22(28)26-20-9-7-17(25)11-15(20)3/h4-12H,1-3H3,(H,26,28). The smallest absolute Gasteiger partial charge is 0.266 e. The second-order valence-electron chi connectivity index (χ2n) is 7.41. The van der Waals surface area contributed by atoms with Gasteiger partial charge < -0.3 is 5.32 Å². The maximum atomic E-state index is 13.1. The van der Waals surface area contributed by atoms with E-state index in [1.54, 1.807) is 12.1 Å². The van der Waals surface area contributed by atoms with E-state index < -0.39 is 5.91 Å². The highest BCUT2D eigenvalue weighted by Crippen LogP contribution is 2.32. The number of anilines is 2. The minimum absolute atomic E-state index is 0.237. The van der Waals surface area contributed by atoms with Gasteiger partial charge in [-0.05, 0) is 79.9 Å². The van der Waals surface area contributed by atoms with Crippen molar-refractivity contribution in [3.8, 4) is 0 Å². The molecule has 150 valence electrons. The fourth-order valence-electron chi connectivity index (χ4n) is 3.52. The number of benzene rings is 3. The number of halogens is 1. The Morgan fingerprint density at radius 1 is 0.833 bits per heavy atom. The maximum Gasteiger partial charge on any atom is 0.266 e. The van der Waals surface area contributed by atoms with Gasteiger partial charge in [0, 0.05) is 15.7 Å². The topological polar surface area (TPSA) is 66.5 Å². The van der Waals surface area contributed by atoms with Gasteiger partial charge in [-0.3, -0.25) is 14.4 Å². The number of hydrogen-bond acceptors (Lipinski definition) is 3. The molecule has 0 saturated carbocycles. The summed E-state index contributed by atoms with van der Waals surface area (Å²) in [6.45, 7) is 5.67. The van der Waals surface area contributed by atoms with Gasteiger partial charge in [-0.1, -0.05) is 28.1 Å². The van der Waals surface area contributed by atoms with E-state index in [0.717, 1.165) is 21.2 Å². The minimum atomic E-state index is -0.418. The summed E-state index contributed by atoms with van der Waals surface area (Å²) >= 11 is 3.40. The molecule has 0 radical (unpaired) electrons. The second kappa shape index (κ2) is 7.54. The first kappa shape index (κ1) is 20.0. The largest absolute Gasteiger partial charge is 0.322 e. The highest BCUT2D eigenvalue weighted by molar-refractivity contribution is 9.10. The van der Waals surface area contributed by atoms with Crippen LogP contribution in [0.5, 0.6) is 0 Å². The molecule has 30 heavy (non-hydrogen) atoms. The summed E-state index contributed by atoms with van der Waals surface area (Å²) in [5.74, 6) is -1.13. The van der Waals surface area contributed by atoms with E-state index in [2.05, 4.69) is 21.2 Å². The average Bonchev–Trinajstić information content (AvgIpc) is 2.96. The Morgan fingerprint density at radius 3 is 2.30 bits per heavy atom. The van der Waals surface area contributed by atoms with E-state index in [1.807, 2.05) is 57.2 Å². The Balaban J connectivity index is 1.66. The summed E-state index contributed by atoms with van der Waals surface area (Å²) in [4.78, 5) is 39.9. The number of rotatable bonds is 3. The van der Waals surface area contributed by atoms with Crippen LogP contribution in [0.1, 0.15) is 47.8 Å². The van der Waals surface area contributed by atoms with Crippen molar-refractivity contribution in [1.29, 1.82) is 0 Å². The van der Waals surface area contributed by atoms with Crippen molar-refractivity contribution in [2.75, 3.05) is 10.2 Å². The van der Waals surface area contributed by atoms with Gasteiger partial charge in [-0.2, -0.15) is 0 Å². The molecule has 4 rings (SSSR count). The predicted octanol–water partition coefficient (Wildman–Crippen LogP) is 5.43. The van der Waals surface area contributed by atoms with Crippen LogP contribution in [0.4, 0.5) is 11.4 Å². The van der Waals surface area contributed by atoms with Crippen LogP contribution in [0.3, 0.4) is 0 Å². The number of aryl methyl sites for hydroxylation is 3. The lowest BCUT2D eigenvalue weighted by atomic mass is 10.0. The van der Waals surface area contributed by atoms with Gasteiger partial charge >= 0.3 is 0 Å². The Kier molecular flexibility index (Phi) is 5.03. The summed E-state index contributed by atoms with van der Waals surface area (Å²) in [7, 11) is 0. The maximum absolute atomic E-state index is 13.1. The zero-order valence-corrected chi connectivity index (χ0v) is 18.3. The molecule has 1 N–H and O–H groups in total. The molecule has 1 aliphatic rings. The van der Waals surface area contributed by atoms with Crippen molar-refractivity contribution in [3.05, 3.63) is 92.5 Å². The minimum Gasteiger partial charge on any atom is -0.322 e. The molecule has 0 fully saturated rings. The molecule has 5 nitrogen and oxygen atoms in total. The van der Waals surface area contributed by atoms with Crippen molar-refractivity contribution >= 4 is 45.0 Å². The van der Waals surface area contributed by atoms with Crippen LogP contribution < -0.4 is 10.2 Å². The molecule has 0 spiro atoms. The first-order chi connectivity index (χ1) is 14.3. The lowest BCUT2D eigenvalue weighted by molar-refractivity contribution is 0.0925. The summed E-state index contributed by atoms with van der Waals surface area (Å²) in [5, 5.41) is 2.86. The summed E-state index contributed by atoms with van der Waals surface area (Å²) < 4.78 is 0.922. The van der Waals surface area contributed by atoms with E-state index in [-0.39, 0.29) is 17.4 Å². The fourth-order valence-corrected chi connectivity index (χ4v) is 4.00. The molecule has 0 atom stereocenters. The van der Waals surface area contributed by atoms with Crippen LogP contribution in [-0.2, 0) is 0 Å². The van der Waals surface area contributed by atoms with Gasteiger partial charge in [0.15, 0.2) is 0 Å². The first-order valence-electron chi connectivity index (χ1n) is 9.44. The Bertz CT molecular complexity index is 1230. The third-order valence-corrected chi connectivity index (χ3v) is 5.68. The molecule has 0 bridgehead atoms. The molecular formula is C24H19BrN2O3. The third-order valence-electron chi connectivity index (χ3n) is 5.19. The second-order valence-corrected chi connectivity index (χ2v) is 8.33. The Labute approximate surface area is 182 Å². The van der Waals surface area contributed by atoms with E-state index in [0.29, 0.717) is 22.5 Å². The monoisotopic (exact) mass is 462 g/mol. The number of nitrogens with zero attached hydrogens (tertiary/aromatic N) is 1. The van der Waals surface area contributed by atoms with Gasteiger partial charge in [-0.15, -0.1) is 0 Å². The highest BCUT2D eigenvalue weighted by Gasteiger charge is 2.37. The summed E-state index contributed by atoms with van der Waals surface area (Å²) in [6.07, 6.45) is 0. The Morgan fingerprint density at radius 2 is 1.57 bits per heavy atom. The first-order valence-corrected chi connectivity index (χ1v) is 10.2. The van der Waals surface area contributed by atoms with E-state index in [9.17, 15) is 14.4 Å². The van der Waals surface area contributed by atoms with Gasteiger partial charge in [-0.25, -0.2) is 4.90 Å².